The van der Waals surface area contributed by atoms with E-state index >= 15 is 0 Å². The van der Waals surface area contributed by atoms with Gasteiger partial charge in [-0.25, -0.2) is 9.48 Å². The van der Waals surface area contributed by atoms with Crippen LogP contribution in [0, 0.1) is 13.8 Å². The average molecular weight is 443 g/mol. The molecular formula is C22H30N6O4. The lowest BCUT2D eigenvalue weighted by atomic mass is 9.91. The van der Waals surface area contributed by atoms with E-state index in [1.807, 2.05) is 32.0 Å². The number of piperidine rings is 1. The number of carbonyl (C=O) groups excluding carboxylic acids is 2. The van der Waals surface area contributed by atoms with Crippen LogP contribution in [0.25, 0.3) is 0 Å². The second-order valence-electron chi connectivity index (χ2n) is 8.67. The Morgan fingerprint density at radius 2 is 1.84 bits per heavy atom. The van der Waals surface area contributed by atoms with Gasteiger partial charge in [0.15, 0.2) is 5.69 Å². The van der Waals surface area contributed by atoms with E-state index in [4.69, 9.17) is 4.74 Å². The van der Waals surface area contributed by atoms with Crippen LogP contribution in [-0.2, 0) is 11.3 Å². The third-order valence-corrected chi connectivity index (χ3v) is 6.13. The van der Waals surface area contributed by atoms with Crippen molar-refractivity contribution < 1.29 is 19.4 Å². The van der Waals surface area contributed by atoms with Crippen LogP contribution in [-0.4, -0.2) is 86.8 Å². The standard InChI is InChI=1S/C22H30N6O4/c1-16-3-4-17(2)18(13-16)23-21(30)27-7-5-22(31,6-8-27)15-28-14-19(24-25-28)20(29)26-9-11-32-12-10-26/h3-4,13-14,31H,5-12,15H2,1-2H3,(H,23,30). The fraction of sp³-hybridized carbons (Fsp3) is 0.545. The quantitative estimate of drug-likeness (QED) is 0.741. The highest BCUT2D eigenvalue weighted by Crippen LogP contribution is 2.25. The van der Waals surface area contributed by atoms with E-state index in [9.17, 15) is 14.7 Å². The Hall–Kier alpha value is -2.98. The van der Waals surface area contributed by atoms with Crippen molar-refractivity contribution >= 4 is 17.6 Å². The highest BCUT2D eigenvalue weighted by Gasteiger charge is 2.35. The lowest BCUT2D eigenvalue weighted by Gasteiger charge is -2.38. The summed E-state index contributed by atoms with van der Waals surface area (Å²) in [5.41, 5.74) is 2.14. The molecule has 3 amide bonds. The average Bonchev–Trinajstić information content (AvgIpc) is 3.24. The smallest absolute Gasteiger partial charge is 0.321 e. The summed E-state index contributed by atoms with van der Waals surface area (Å²) >= 11 is 0. The van der Waals surface area contributed by atoms with Crippen LogP contribution in [0.3, 0.4) is 0 Å². The van der Waals surface area contributed by atoms with Gasteiger partial charge in [-0.1, -0.05) is 17.3 Å². The van der Waals surface area contributed by atoms with Gasteiger partial charge >= 0.3 is 6.03 Å². The number of amides is 3. The molecule has 0 atom stereocenters. The summed E-state index contributed by atoms with van der Waals surface area (Å²) in [5, 5.41) is 22.0. The number of urea groups is 1. The van der Waals surface area contributed by atoms with Crippen LogP contribution < -0.4 is 5.32 Å². The normalized spacial score (nSPS) is 18.5. The summed E-state index contributed by atoms with van der Waals surface area (Å²) in [6.45, 7) is 7.15. The number of carbonyl (C=O) groups is 2. The van der Waals surface area contributed by atoms with Gasteiger partial charge in [0.2, 0.25) is 0 Å². The summed E-state index contributed by atoms with van der Waals surface area (Å²) in [7, 11) is 0. The van der Waals surface area contributed by atoms with E-state index in [1.54, 1.807) is 16.0 Å². The Balaban J connectivity index is 1.31. The Bertz CT molecular complexity index is 977. The molecule has 2 saturated heterocycles. The van der Waals surface area contributed by atoms with Crippen LogP contribution in [0.2, 0.25) is 0 Å². The second kappa shape index (κ2) is 9.25. The van der Waals surface area contributed by atoms with Crippen molar-refractivity contribution in [2.75, 3.05) is 44.7 Å². The number of rotatable bonds is 4. The minimum atomic E-state index is -1.01. The number of benzene rings is 1. The minimum Gasteiger partial charge on any atom is -0.388 e. The highest BCUT2D eigenvalue weighted by atomic mass is 16.5. The first-order valence-electron chi connectivity index (χ1n) is 11.0. The largest absolute Gasteiger partial charge is 0.388 e. The summed E-state index contributed by atoms with van der Waals surface area (Å²) in [6, 6.07) is 5.78. The van der Waals surface area contributed by atoms with E-state index in [1.165, 1.54) is 4.68 Å². The number of nitrogens with one attached hydrogen (secondary N) is 1. The second-order valence-corrected chi connectivity index (χ2v) is 8.67. The molecule has 0 unspecified atom stereocenters. The van der Waals surface area contributed by atoms with Gasteiger partial charge in [0.05, 0.1) is 31.6 Å². The molecule has 2 N–H and O–H groups in total. The number of nitrogens with zero attached hydrogens (tertiary/aromatic N) is 5. The zero-order chi connectivity index (χ0) is 22.7. The van der Waals surface area contributed by atoms with Crippen molar-refractivity contribution in [2.24, 2.45) is 0 Å². The molecule has 2 aliphatic rings. The number of hydrogen-bond acceptors (Lipinski definition) is 6. The Kier molecular flexibility index (Phi) is 6.43. The van der Waals surface area contributed by atoms with Crippen LogP contribution in [0.5, 0.6) is 0 Å². The number of morpholine rings is 1. The highest BCUT2D eigenvalue weighted by molar-refractivity contribution is 5.92. The van der Waals surface area contributed by atoms with Crippen molar-refractivity contribution in [3.8, 4) is 0 Å². The van der Waals surface area contributed by atoms with Gasteiger partial charge < -0.3 is 25.0 Å². The third-order valence-electron chi connectivity index (χ3n) is 6.13. The van der Waals surface area contributed by atoms with Crippen molar-refractivity contribution in [3.05, 3.63) is 41.2 Å². The maximum atomic E-state index is 12.7. The molecule has 2 aliphatic heterocycles. The molecule has 0 bridgehead atoms. The van der Waals surface area contributed by atoms with Crippen LogP contribution in [0.1, 0.15) is 34.5 Å². The molecule has 2 fully saturated rings. The third kappa shape index (κ3) is 5.08. The predicted molar refractivity (Wildman–Crippen MR) is 117 cm³/mol. The molecule has 1 aromatic carbocycles. The van der Waals surface area contributed by atoms with Crippen molar-refractivity contribution in [1.82, 2.24) is 24.8 Å². The van der Waals surface area contributed by atoms with Crippen molar-refractivity contribution in [2.45, 2.75) is 38.8 Å². The van der Waals surface area contributed by atoms with Gasteiger partial charge in [-0.05, 0) is 43.9 Å². The monoisotopic (exact) mass is 442 g/mol. The topological polar surface area (TPSA) is 113 Å². The molecular weight excluding hydrogens is 412 g/mol. The molecule has 1 aromatic heterocycles. The first-order chi connectivity index (χ1) is 15.3. The number of aliphatic hydroxyl groups is 1. The summed E-state index contributed by atoms with van der Waals surface area (Å²) < 4.78 is 6.79. The van der Waals surface area contributed by atoms with Gasteiger partial charge in [0.1, 0.15) is 0 Å². The van der Waals surface area contributed by atoms with Crippen molar-refractivity contribution in [3.63, 3.8) is 0 Å². The number of anilines is 1. The van der Waals surface area contributed by atoms with E-state index in [2.05, 4.69) is 15.6 Å². The van der Waals surface area contributed by atoms with Crippen LogP contribution >= 0.6 is 0 Å². The van der Waals surface area contributed by atoms with Crippen molar-refractivity contribution in [1.29, 1.82) is 0 Å². The van der Waals surface area contributed by atoms with Crippen LogP contribution in [0.15, 0.2) is 24.4 Å². The number of ether oxygens (including phenoxy) is 1. The van der Waals surface area contributed by atoms with Gasteiger partial charge in [-0.2, -0.15) is 0 Å². The molecule has 2 aromatic rings. The maximum Gasteiger partial charge on any atom is 0.321 e. The number of aromatic nitrogens is 3. The summed E-state index contributed by atoms with van der Waals surface area (Å²) in [4.78, 5) is 28.6. The number of likely N-dealkylation sites (tertiary alicyclic amines) is 1. The van der Waals surface area contributed by atoms with Gasteiger partial charge in [0, 0.05) is 31.9 Å². The summed E-state index contributed by atoms with van der Waals surface area (Å²) in [6.07, 6.45) is 2.41. The Morgan fingerprint density at radius 3 is 2.56 bits per heavy atom. The van der Waals surface area contributed by atoms with E-state index in [-0.39, 0.29) is 24.2 Å². The zero-order valence-electron chi connectivity index (χ0n) is 18.6. The first-order valence-corrected chi connectivity index (χ1v) is 11.0. The van der Waals surface area contributed by atoms with Gasteiger partial charge in [-0.15, -0.1) is 5.10 Å². The molecule has 0 radical (unpaired) electrons. The molecule has 32 heavy (non-hydrogen) atoms. The van der Waals surface area contributed by atoms with Crippen LogP contribution in [0.4, 0.5) is 10.5 Å². The molecule has 4 rings (SSSR count). The SMILES string of the molecule is Cc1ccc(C)c(NC(=O)N2CCC(O)(Cn3cc(C(=O)N4CCOCC4)nn3)CC2)c1. The fourth-order valence-corrected chi connectivity index (χ4v) is 4.05. The lowest BCUT2D eigenvalue weighted by Crippen LogP contribution is -2.49. The Morgan fingerprint density at radius 1 is 1.12 bits per heavy atom. The van der Waals surface area contributed by atoms with Gasteiger partial charge in [0.25, 0.3) is 5.91 Å². The van der Waals surface area contributed by atoms with E-state index in [0.29, 0.717) is 52.2 Å². The first kappa shape index (κ1) is 22.2. The number of aryl methyl sites for hydroxylation is 2. The molecule has 0 saturated carbocycles. The molecule has 10 heteroatoms. The van der Waals surface area contributed by atoms with E-state index in [0.717, 1.165) is 16.8 Å². The maximum absolute atomic E-state index is 12.7. The Labute approximate surface area is 187 Å². The minimum absolute atomic E-state index is 0.167. The lowest BCUT2D eigenvalue weighted by molar-refractivity contribution is -0.0276. The molecule has 3 heterocycles. The molecule has 10 nitrogen and oxygen atoms in total. The molecule has 0 aliphatic carbocycles. The van der Waals surface area contributed by atoms with E-state index < -0.39 is 5.60 Å². The molecule has 0 spiro atoms. The van der Waals surface area contributed by atoms with Gasteiger partial charge in [-0.3, -0.25) is 4.79 Å². The zero-order valence-corrected chi connectivity index (χ0v) is 18.6. The number of hydrogen-bond donors (Lipinski definition) is 2. The summed E-state index contributed by atoms with van der Waals surface area (Å²) in [5.74, 6) is -0.176. The molecule has 172 valence electrons. The fourth-order valence-electron chi connectivity index (χ4n) is 4.05. The predicted octanol–water partition coefficient (Wildman–Crippen LogP) is 1.43.